The molecule has 3 nitrogen and oxygen atoms in total. The van der Waals surface area contributed by atoms with Crippen molar-refractivity contribution in [2.45, 2.75) is 0 Å². The zero-order chi connectivity index (χ0) is 11.8. The summed E-state index contributed by atoms with van der Waals surface area (Å²) in [6.45, 7) is 0. The summed E-state index contributed by atoms with van der Waals surface area (Å²) in [5, 5.41) is 26.0. The van der Waals surface area contributed by atoms with Gasteiger partial charge in [0.05, 0.1) is 0 Å². The minimum Gasteiger partial charge on any atom is -0.810 e. The fraction of sp³-hybridized carbons (Fsp3) is 0. The van der Waals surface area contributed by atoms with Crippen LogP contribution in [0.3, 0.4) is 0 Å². The molecule has 0 unspecified atom stereocenters. The van der Waals surface area contributed by atoms with Crippen molar-refractivity contribution >= 4 is 6.21 Å². The summed E-state index contributed by atoms with van der Waals surface area (Å²) in [7, 11) is 0. The Kier molecular flexibility index (Phi) is 7.50. The van der Waals surface area contributed by atoms with Gasteiger partial charge in [0, 0.05) is 16.8 Å². The SMILES string of the molecule is Oc1ccccc1.[Co].[N-]=Cc1ccccc1O. The normalized spacial score (nSPS) is 8.24. The van der Waals surface area contributed by atoms with Crippen molar-refractivity contribution in [3.63, 3.8) is 0 Å². The molecule has 1 radical (unpaired) electrons. The van der Waals surface area contributed by atoms with E-state index in [1.165, 1.54) is 6.07 Å². The quantitative estimate of drug-likeness (QED) is 0.785. The number of nitrogens with zero attached hydrogens (tertiary/aromatic N) is 1. The molecule has 0 amide bonds. The van der Waals surface area contributed by atoms with Crippen molar-refractivity contribution in [3.8, 4) is 11.5 Å². The van der Waals surface area contributed by atoms with Gasteiger partial charge in [-0.25, -0.2) is 0 Å². The maximum absolute atomic E-state index is 8.92. The molecule has 2 aromatic carbocycles. The average molecular weight is 273 g/mol. The van der Waals surface area contributed by atoms with E-state index < -0.39 is 0 Å². The molecule has 2 rings (SSSR count). The molecule has 2 N–H and O–H groups in total. The van der Waals surface area contributed by atoms with Crippen molar-refractivity contribution in [1.82, 2.24) is 0 Å². The fourth-order valence-electron chi connectivity index (χ4n) is 1.02. The van der Waals surface area contributed by atoms with Crippen LogP contribution in [0.25, 0.3) is 5.41 Å². The zero-order valence-corrected chi connectivity index (χ0v) is 9.99. The van der Waals surface area contributed by atoms with Gasteiger partial charge in [-0.15, -0.1) is 0 Å². The van der Waals surface area contributed by atoms with E-state index in [1.54, 1.807) is 42.5 Å². The second kappa shape index (κ2) is 8.38. The topological polar surface area (TPSA) is 62.8 Å². The van der Waals surface area contributed by atoms with Gasteiger partial charge in [-0.1, -0.05) is 36.4 Å². The van der Waals surface area contributed by atoms with Crippen LogP contribution in [0.5, 0.6) is 11.5 Å². The first-order valence-electron chi connectivity index (χ1n) is 4.73. The largest absolute Gasteiger partial charge is 0.810 e. The molecule has 0 aliphatic heterocycles. The van der Waals surface area contributed by atoms with Crippen molar-refractivity contribution in [2.24, 2.45) is 0 Å². The third-order valence-corrected chi connectivity index (χ3v) is 1.83. The Morgan fingerprint density at radius 2 is 1.35 bits per heavy atom. The molecule has 0 spiro atoms. The maximum Gasteiger partial charge on any atom is 0.120 e. The molecule has 0 aromatic heterocycles. The van der Waals surface area contributed by atoms with Crippen LogP contribution in [-0.2, 0) is 16.8 Å². The monoisotopic (exact) mass is 273 g/mol. The second-order valence-electron chi connectivity index (χ2n) is 3.02. The first-order valence-corrected chi connectivity index (χ1v) is 4.73. The fourth-order valence-corrected chi connectivity index (χ4v) is 1.02. The Bertz CT molecular complexity index is 446. The first kappa shape index (κ1) is 15.2. The summed E-state index contributed by atoms with van der Waals surface area (Å²) in [5.74, 6) is 0.419. The van der Waals surface area contributed by atoms with E-state index >= 15 is 0 Å². The van der Waals surface area contributed by atoms with Crippen LogP contribution in [0, 0.1) is 0 Å². The molecule has 0 bridgehead atoms. The van der Waals surface area contributed by atoms with Crippen LogP contribution >= 0.6 is 0 Å². The van der Waals surface area contributed by atoms with E-state index in [0.29, 0.717) is 11.3 Å². The van der Waals surface area contributed by atoms with Crippen LogP contribution in [0.1, 0.15) is 5.56 Å². The second-order valence-corrected chi connectivity index (χ2v) is 3.02. The minimum absolute atomic E-state index is 0. The Hall–Kier alpha value is -1.78. The van der Waals surface area contributed by atoms with Gasteiger partial charge < -0.3 is 15.6 Å². The molecule has 0 aliphatic carbocycles. The molecule has 0 heterocycles. The molecule has 0 saturated carbocycles. The molecule has 0 fully saturated rings. The number of hydrogen-bond donors (Lipinski definition) is 2. The van der Waals surface area contributed by atoms with Crippen LogP contribution in [0.15, 0.2) is 54.6 Å². The van der Waals surface area contributed by atoms with E-state index in [9.17, 15) is 0 Å². The van der Waals surface area contributed by atoms with Crippen LogP contribution < -0.4 is 0 Å². The van der Waals surface area contributed by atoms with Gasteiger partial charge in [0.25, 0.3) is 0 Å². The minimum atomic E-state index is 0. The average Bonchev–Trinajstić information content (AvgIpc) is 2.31. The third-order valence-electron chi connectivity index (χ3n) is 1.83. The van der Waals surface area contributed by atoms with Gasteiger partial charge in [0.15, 0.2) is 0 Å². The molecule has 17 heavy (non-hydrogen) atoms. The number of hydrogen-bond acceptors (Lipinski definition) is 2. The van der Waals surface area contributed by atoms with Crippen molar-refractivity contribution in [2.75, 3.05) is 0 Å². The molecule has 4 heteroatoms. The molecular formula is C13H12CoNO2-. The summed E-state index contributed by atoms with van der Waals surface area (Å²) in [6.07, 6.45) is 0.870. The Labute approximate surface area is 110 Å². The Morgan fingerprint density at radius 1 is 0.824 bits per heavy atom. The molecule has 0 saturated heterocycles. The summed E-state index contributed by atoms with van der Waals surface area (Å²) in [6, 6.07) is 15.3. The number of benzene rings is 2. The van der Waals surface area contributed by atoms with Crippen molar-refractivity contribution in [1.29, 1.82) is 0 Å². The van der Waals surface area contributed by atoms with Gasteiger partial charge >= 0.3 is 0 Å². The number of phenols is 2. The Balaban J connectivity index is 0.000000292. The first-order chi connectivity index (χ1) is 7.74. The number of rotatable bonds is 1. The Morgan fingerprint density at radius 3 is 1.71 bits per heavy atom. The summed E-state index contributed by atoms with van der Waals surface area (Å²) in [5.41, 5.74) is 0.442. The van der Waals surface area contributed by atoms with E-state index in [4.69, 9.17) is 15.6 Å². The molecule has 0 atom stereocenters. The van der Waals surface area contributed by atoms with Crippen LogP contribution in [-0.4, -0.2) is 16.4 Å². The molecular weight excluding hydrogens is 261 g/mol. The predicted molar refractivity (Wildman–Crippen MR) is 64.7 cm³/mol. The molecule has 2 aromatic rings. The van der Waals surface area contributed by atoms with Gasteiger partial charge in [0.2, 0.25) is 0 Å². The van der Waals surface area contributed by atoms with Gasteiger partial charge in [-0.2, -0.15) is 6.21 Å². The van der Waals surface area contributed by atoms with Crippen molar-refractivity contribution in [3.05, 3.63) is 65.6 Å². The number of phenolic OH excluding ortho intramolecular Hbond substituents is 2. The number of aromatic hydroxyl groups is 2. The third kappa shape index (κ3) is 5.75. The standard InChI is InChI=1S/C7H6NO.C6H6O.Co/c8-5-6-3-1-2-4-7(6)9;7-6-4-2-1-3-5-6;/h1-5,9H;1-5,7H;/q-1;;. The predicted octanol–water partition coefficient (Wildman–Crippen LogP) is 2.77. The van der Waals surface area contributed by atoms with E-state index in [1.807, 2.05) is 6.07 Å². The van der Waals surface area contributed by atoms with Gasteiger partial charge in [0.1, 0.15) is 11.5 Å². The van der Waals surface area contributed by atoms with E-state index in [0.717, 1.165) is 6.21 Å². The number of para-hydroxylation sites is 2. The van der Waals surface area contributed by atoms with E-state index in [2.05, 4.69) is 0 Å². The summed E-state index contributed by atoms with van der Waals surface area (Å²) < 4.78 is 0. The van der Waals surface area contributed by atoms with Crippen LogP contribution in [0.2, 0.25) is 0 Å². The molecule has 91 valence electrons. The van der Waals surface area contributed by atoms with Gasteiger partial charge in [-0.3, -0.25) is 0 Å². The zero-order valence-electron chi connectivity index (χ0n) is 8.95. The van der Waals surface area contributed by atoms with Gasteiger partial charge in [-0.05, 0) is 23.8 Å². The molecule has 0 aliphatic rings. The summed E-state index contributed by atoms with van der Waals surface area (Å²) >= 11 is 0. The maximum atomic E-state index is 8.92. The van der Waals surface area contributed by atoms with Crippen LogP contribution in [0.4, 0.5) is 0 Å². The van der Waals surface area contributed by atoms with E-state index in [-0.39, 0.29) is 22.5 Å². The van der Waals surface area contributed by atoms with Crippen molar-refractivity contribution < 1.29 is 27.0 Å². The summed E-state index contributed by atoms with van der Waals surface area (Å²) in [4.78, 5) is 0. The smallest absolute Gasteiger partial charge is 0.120 e.